The number of aromatic nitrogens is 3. The molecule has 9 heteroatoms. The fourth-order valence-electron chi connectivity index (χ4n) is 3.67. The first-order chi connectivity index (χ1) is 13.8. The van der Waals surface area contributed by atoms with Crippen LogP contribution in [0.4, 0.5) is 17.2 Å². The second-order valence-electron chi connectivity index (χ2n) is 7.28. The van der Waals surface area contributed by atoms with Crippen molar-refractivity contribution >= 4 is 27.2 Å². The van der Waals surface area contributed by atoms with E-state index in [4.69, 9.17) is 5.73 Å². The van der Waals surface area contributed by atoms with E-state index in [1.807, 2.05) is 19.1 Å². The van der Waals surface area contributed by atoms with Crippen LogP contribution >= 0.6 is 0 Å². The van der Waals surface area contributed by atoms with Gasteiger partial charge in [0.25, 0.3) is 10.0 Å². The van der Waals surface area contributed by atoms with Crippen molar-refractivity contribution in [3.05, 3.63) is 59.0 Å². The van der Waals surface area contributed by atoms with Crippen LogP contribution in [0.25, 0.3) is 0 Å². The van der Waals surface area contributed by atoms with Crippen molar-refractivity contribution in [1.29, 1.82) is 0 Å². The number of nitrogen functional groups attached to an aromatic ring is 1. The molecule has 0 bridgehead atoms. The number of hydrogen-bond acceptors (Lipinski definition) is 6. The smallest absolute Gasteiger partial charge is 0.263 e. The van der Waals surface area contributed by atoms with Gasteiger partial charge in [-0.1, -0.05) is 12.1 Å². The van der Waals surface area contributed by atoms with Crippen molar-refractivity contribution in [1.82, 2.24) is 14.8 Å². The summed E-state index contributed by atoms with van der Waals surface area (Å²) in [6.45, 7) is 5.08. The normalized spacial score (nSPS) is 14.0. The second-order valence-corrected chi connectivity index (χ2v) is 8.97. The Labute approximate surface area is 170 Å². The Morgan fingerprint density at radius 1 is 1.17 bits per heavy atom. The van der Waals surface area contributed by atoms with Gasteiger partial charge >= 0.3 is 0 Å². The number of nitrogens with one attached hydrogen (secondary N) is 1. The molecule has 4 rings (SSSR count). The SMILES string of the molecule is Cc1nn(C)c(C)c1NS(=O)(=O)c1ccc(N2CCc3c(N)cccc3C2)nc1. The van der Waals surface area contributed by atoms with Crippen LogP contribution in [0.1, 0.15) is 22.5 Å². The maximum absolute atomic E-state index is 12.8. The zero-order valence-electron chi connectivity index (χ0n) is 16.7. The molecule has 0 atom stereocenters. The van der Waals surface area contributed by atoms with Crippen molar-refractivity contribution in [2.75, 3.05) is 21.9 Å². The third kappa shape index (κ3) is 3.53. The molecule has 0 amide bonds. The van der Waals surface area contributed by atoms with Crippen LogP contribution in [0, 0.1) is 13.8 Å². The lowest BCUT2D eigenvalue weighted by Gasteiger charge is -2.30. The van der Waals surface area contributed by atoms with Gasteiger partial charge in [-0.25, -0.2) is 13.4 Å². The van der Waals surface area contributed by atoms with Crippen molar-refractivity contribution < 1.29 is 8.42 Å². The fourth-order valence-corrected chi connectivity index (χ4v) is 4.79. The first kappa shape index (κ1) is 19.3. The Kier molecular flexibility index (Phi) is 4.70. The molecule has 3 heterocycles. The summed E-state index contributed by atoms with van der Waals surface area (Å²) in [5.74, 6) is 0.741. The van der Waals surface area contributed by atoms with E-state index in [0.717, 1.165) is 30.2 Å². The van der Waals surface area contributed by atoms with Gasteiger partial charge in [-0.2, -0.15) is 5.10 Å². The highest BCUT2D eigenvalue weighted by Crippen LogP contribution is 2.28. The average molecular weight is 413 g/mol. The molecule has 0 unspecified atom stereocenters. The quantitative estimate of drug-likeness (QED) is 0.637. The molecular formula is C20H24N6O2S. The summed E-state index contributed by atoms with van der Waals surface area (Å²) in [6.07, 6.45) is 2.23. The number of fused-ring (bicyclic) bond motifs is 1. The molecule has 0 fully saturated rings. The lowest BCUT2D eigenvalue weighted by atomic mass is 9.98. The van der Waals surface area contributed by atoms with Gasteiger partial charge in [0.15, 0.2) is 0 Å². The molecule has 0 spiro atoms. The summed E-state index contributed by atoms with van der Waals surface area (Å²) < 4.78 is 29.9. The Hall–Kier alpha value is -3.07. The number of benzene rings is 1. The molecule has 3 aromatic rings. The van der Waals surface area contributed by atoms with E-state index in [-0.39, 0.29) is 4.90 Å². The molecule has 1 aliphatic heterocycles. The highest BCUT2D eigenvalue weighted by Gasteiger charge is 2.22. The van der Waals surface area contributed by atoms with E-state index < -0.39 is 10.0 Å². The predicted molar refractivity (Wildman–Crippen MR) is 113 cm³/mol. The van der Waals surface area contributed by atoms with Crippen LogP contribution in [0.5, 0.6) is 0 Å². The summed E-state index contributed by atoms with van der Waals surface area (Å²) in [7, 11) is -1.97. The number of aryl methyl sites for hydroxylation is 2. The van der Waals surface area contributed by atoms with Gasteiger partial charge in [-0.3, -0.25) is 9.40 Å². The first-order valence-electron chi connectivity index (χ1n) is 9.36. The van der Waals surface area contributed by atoms with E-state index >= 15 is 0 Å². The van der Waals surface area contributed by atoms with Crippen LogP contribution in [0.3, 0.4) is 0 Å². The van der Waals surface area contributed by atoms with Crippen molar-refractivity contribution in [2.45, 2.75) is 31.7 Å². The fraction of sp³-hybridized carbons (Fsp3) is 0.300. The third-order valence-corrected chi connectivity index (χ3v) is 6.74. The third-order valence-electron chi connectivity index (χ3n) is 5.40. The maximum atomic E-state index is 12.8. The average Bonchev–Trinajstić information content (AvgIpc) is 2.94. The van der Waals surface area contributed by atoms with Crippen LogP contribution in [0.15, 0.2) is 41.4 Å². The molecule has 1 aliphatic rings. The molecular weight excluding hydrogens is 388 g/mol. The Balaban J connectivity index is 1.55. The highest BCUT2D eigenvalue weighted by atomic mass is 32.2. The standard InChI is InChI=1S/C20H24N6O2S/c1-13-20(14(2)25(3)23-13)24-29(27,28)16-7-8-19(22-11-16)26-10-9-17-15(12-26)5-4-6-18(17)21/h4-8,11,24H,9-10,12,21H2,1-3H3. The van der Waals surface area contributed by atoms with Gasteiger partial charge in [0.2, 0.25) is 0 Å². The molecule has 3 N–H and O–H groups in total. The second kappa shape index (κ2) is 7.07. The van der Waals surface area contributed by atoms with Gasteiger partial charge in [-0.05, 0) is 49.6 Å². The summed E-state index contributed by atoms with van der Waals surface area (Å²) in [4.78, 5) is 6.65. The molecule has 2 aromatic heterocycles. The summed E-state index contributed by atoms with van der Waals surface area (Å²) >= 11 is 0. The van der Waals surface area contributed by atoms with Crippen molar-refractivity contribution in [3.8, 4) is 0 Å². The zero-order chi connectivity index (χ0) is 20.8. The minimum atomic E-state index is -3.75. The number of hydrogen-bond donors (Lipinski definition) is 2. The Morgan fingerprint density at radius 2 is 1.97 bits per heavy atom. The molecule has 0 aliphatic carbocycles. The minimum Gasteiger partial charge on any atom is -0.398 e. The Bertz CT molecular complexity index is 1170. The lowest BCUT2D eigenvalue weighted by Crippen LogP contribution is -2.31. The van der Waals surface area contributed by atoms with Crippen molar-refractivity contribution in [3.63, 3.8) is 0 Å². The highest BCUT2D eigenvalue weighted by molar-refractivity contribution is 7.92. The van der Waals surface area contributed by atoms with Gasteiger partial charge in [0.05, 0.1) is 17.1 Å². The summed E-state index contributed by atoms with van der Waals surface area (Å²) in [6, 6.07) is 9.27. The van der Waals surface area contributed by atoms with E-state index in [9.17, 15) is 8.42 Å². The predicted octanol–water partition coefficient (Wildman–Crippen LogP) is 2.38. The maximum Gasteiger partial charge on any atom is 0.263 e. The van der Waals surface area contributed by atoms with Crippen LogP contribution < -0.4 is 15.4 Å². The van der Waals surface area contributed by atoms with Crippen molar-refractivity contribution in [2.24, 2.45) is 7.05 Å². The molecule has 8 nitrogen and oxygen atoms in total. The number of pyridine rings is 1. The minimum absolute atomic E-state index is 0.116. The van der Waals surface area contributed by atoms with Crippen LogP contribution in [0.2, 0.25) is 0 Å². The lowest BCUT2D eigenvalue weighted by molar-refractivity contribution is 0.600. The molecule has 1 aromatic carbocycles. The Morgan fingerprint density at radius 3 is 2.62 bits per heavy atom. The van der Waals surface area contributed by atoms with Gasteiger partial charge in [0, 0.05) is 32.0 Å². The van der Waals surface area contributed by atoms with Gasteiger partial charge < -0.3 is 10.6 Å². The summed E-state index contributed by atoms with van der Waals surface area (Å²) in [5, 5.41) is 4.25. The molecule has 0 radical (unpaired) electrons. The topological polar surface area (TPSA) is 106 Å². The van der Waals surface area contributed by atoms with E-state index in [1.165, 1.54) is 17.3 Å². The van der Waals surface area contributed by atoms with E-state index in [1.54, 1.807) is 30.8 Å². The number of rotatable bonds is 4. The first-order valence-corrected chi connectivity index (χ1v) is 10.8. The van der Waals surface area contributed by atoms with E-state index in [2.05, 4.69) is 25.8 Å². The molecule has 0 saturated carbocycles. The number of sulfonamides is 1. The molecule has 29 heavy (non-hydrogen) atoms. The van der Waals surface area contributed by atoms with E-state index in [0.29, 0.717) is 17.9 Å². The zero-order valence-corrected chi connectivity index (χ0v) is 17.5. The molecule has 152 valence electrons. The summed E-state index contributed by atoms with van der Waals surface area (Å²) in [5.41, 5.74) is 11.1. The number of nitrogens with zero attached hydrogens (tertiary/aromatic N) is 4. The number of nitrogens with two attached hydrogens (primary N) is 1. The van der Waals surface area contributed by atoms with Gasteiger partial charge in [0.1, 0.15) is 10.7 Å². The van der Waals surface area contributed by atoms with Gasteiger partial charge in [-0.15, -0.1) is 0 Å². The van der Waals surface area contributed by atoms with Crippen LogP contribution in [-0.2, 0) is 30.0 Å². The number of anilines is 3. The monoisotopic (exact) mass is 412 g/mol. The largest absolute Gasteiger partial charge is 0.398 e. The molecule has 0 saturated heterocycles. The van der Waals surface area contributed by atoms with Crippen LogP contribution in [-0.4, -0.2) is 29.7 Å².